The van der Waals surface area contributed by atoms with Crippen molar-refractivity contribution in [2.75, 3.05) is 32.2 Å². The molecule has 1 heterocycles. The summed E-state index contributed by atoms with van der Waals surface area (Å²) in [6, 6.07) is 12.5. The van der Waals surface area contributed by atoms with Crippen molar-refractivity contribution < 1.29 is 23.9 Å². The lowest BCUT2D eigenvalue weighted by Gasteiger charge is -2.23. The largest absolute Gasteiger partial charge is 0.454 e. The maximum Gasteiger partial charge on any atom is 0.253 e. The molecular weight excluding hydrogens is 424 g/mol. The van der Waals surface area contributed by atoms with E-state index in [4.69, 9.17) is 9.47 Å². The van der Waals surface area contributed by atoms with Gasteiger partial charge >= 0.3 is 0 Å². The molecule has 0 spiro atoms. The van der Waals surface area contributed by atoms with Gasteiger partial charge in [0.25, 0.3) is 5.91 Å². The van der Waals surface area contributed by atoms with E-state index in [-0.39, 0.29) is 43.1 Å². The minimum Gasteiger partial charge on any atom is -0.454 e. The molecule has 0 aliphatic carbocycles. The van der Waals surface area contributed by atoms with Crippen molar-refractivity contribution in [3.63, 3.8) is 0 Å². The summed E-state index contributed by atoms with van der Waals surface area (Å²) in [6.07, 6.45) is 0. The van der Waals surface area contributed by atoms with Gasteiger partial charge in [-0.3, -0.25) is 14.4 Å². The Morgan fingerprint density at radius 2 is 1.76 bits per heavy atom. The quantitative estimate of drug-likeness (QED) is 0.564. The molecule has 176 valence electrons. The zero-order chi connectivity index (χ0) is 24.0. The number of hydrogen-bond acceptors (Lipinski definition) is 6. The van der Waals surface area contributed by atoms with Crippen LogP contribution >= 0.6 is 0 Å². The maximum absolute atomic E-state index is 12.8. The number of nitrogens with zero attached hydrogens (tertiary/aromatic N) is 1. The number of nitrogens with one attached hydrogen (secondary N) is 3. The average molecular weight is 455 g/mol. The van der Waals surface area contributed by atoms with Gasteiger partial charge in [-0.2, -0.15) is 0 Å². The molecule has 2 aromatic rings. The summed E-state index contributed by atoms with van der Waals surface area (Å²) in [5.41, 5.74) is 1.45. The van der Waals surface area contributed by atoms with Crippen LogP contribution in [0, 0.1) is 0 Å². The third kappa shape index (κ3) is 6.86. The molecule has 0 bridgehead atoms. The summed E-state index contributed by atoms with van der Waals surface area (Å²) in [6.45, 7) is 6.04. The maximum atomic E-state index is 12.8. The van der Waals surface area contributed by atoms with Crippen LogP contribution in [-0.2, 0) is 16.1 Å². The Bertz CT molecular complexity index is 1030. The Kier molecular flexibility index (Phi) is 7.42. The van der Waals surface area contributed by atoms with Gasteiger partial charge in [0.05, 0.1) is 18.7 Å². The number of hydrogen-bond donors (Lipinski definition) is 3. The van der Waals surface area contributed by atoms with Gasteiger partial charge in [0.2, 0.25) is 18.6 Å². The van der Waals surface area contributed by atoms with E-state index in [2.05, 4.69) is 16.0 Å². The van der Waals surface area contributed by atoms with Crippen LogP contribution in [0.4, 0.5) is 5.69 Å². The molecule has 0 fully saturated rings. The highest BCUT2D eigenvalue weighted by atomic mass is 16.7. The summed E-state index contributed by atoms with van der Waals surface area (Å²) >= 11 is 0. The molecule has 0 radical (unpaired) electrons. The molecule has 1 aliphatic rings. The molecule has 33 heavy (non-hydrogen) atoms. The Balaban J connectivity index is 1.54. The van der Waals surface area contributed by atoms with Crippen molar-refractivity contribution >= 4 is 23.4 Å². The lowest BCUT2D eigenvalue weighted by atomic mass is 10.1. The topological polar surface area (TPSA) is 109 Å². The molecule has 9 nitrogen and oxygen atoms in total. The standard InChI is InChI=1S/C24H30N4O5/c1-24(2,3)27-21(29)14-28(4)22(30)13-25-18-8-6-5-7-17(18)23(31)26-12-16-9-10-19-20(11-16)33-15-32-19/h5-11,25H,12-15H2,1-4H3,(H,26,31)(H,27,29). The molecular formula is C24H30N4O5. The summed E-state index contributed by atoms with van der Waals surface area (Å²) in [5, 5.41) is 8.71. The molecule has 3 N–H and O–H groups in total. The van der Waals surface area contributed by atoms with Crippen LogP contribution in [0.15, 0.2) is 42.5 Å². The Labute approximate surface area is 193 Å². The minimum atomic E-state index is -0.369. The van der Waals surface area contributed by atoms with Crippen LogP contribution in [-0.4, -0.2) is 55.1 Å². The van der Waals surface area contributed by atoms with Crippen LogP contribution < -0.4 is 25.4 Å². The van der Waals surface area contributed by atoms with E-state index in [1.54, 1.807) is 31.3 Å². The molecule has 3 amide bonds. The number of benzene rings is 2. The van der Waals surface area contributed by atoms with Crippen LogP contribution in [0.3, 0.4) is 0 Å². The predicted octanol–water partition coefficient (Wildman–Crippen LogP) is 2.13. The highest BCUT2D eigenvalue weighted by Crippen LogP contribution is 2.32. The van der Waals surface area contributed by atoms with Gasteiger partial charge in [-0.15, -0.1) is 0 Å². The van der Waals surface area contributed by atoms with Crippen LogP contribution in [0.2, 0.25) is 0 Å². The number of amides is 3. The first-order valence-corrected chi connectivity index (χ1v) is 10.7. The third-order valence-corrected chi connectivity index (χ3v) is 4.81. The fourth-order valence-corrected chi connectivity index (χ4v) is 3.23. The normalized spacial score (nSPS) is 12.1. The molecule has 1 aliphatic heterocycles. The van der Waals surface area contributed by atoms with Crippen LogP contribution in [0.5, 0.6) is 11.5 Å². The monoisotopic (exact) mass is 454 g/mol. The van der Waals surface area contributed by atoms with Crippen LogP contribution in [0.25, 0.3) is 0 Å². The summed E-state index contributed by atoms with van der Waals surface area (Å²) < 4.78 is 10.7. The molecule has 3 rings (SSSR count). The zero-order valence-corrected chi connectivity index (χ0v) is 19.4. The molecule has 0 unspecified atom stereocenters. The fraction of sp³-hybridized carbons (Fsp3) is 0.375. The van der Waals surface area contributed by atoms with E-state index in [0.717, 1.165) is 5.56 Å². The van der Waals surface area contributed by atoms with Gasteiger partial charge in [-0.25, -0.2) is 0 Å². The minimum absolute atomic E-state index is 0.0462. The number of likely N-dealkylation sites (N-methyl/N-ethyl adjacent to an activating group) is 1. The molecule has 0 saturated heterocycles. The molecule has 0 atom stereocenters. The summed E-state index contributed by atoms with van der Waals surface area (Å²) in [4.78, 5) is 38.6. The summed E-state index contributed by atoms with van der Waals surface area (Å²) in [7, 11) is 1.57. The number of carbonyl (C=O) groups excluding carboxylic acids is 3. The first-order chi connectivity index (χ1) is 15.6. The van der Waals surface area contributed by atoms with E-state index >= 15 is 0 Å². The first-order valence-electron chi connectivity index (χ1n) is 10.7. The van der Waals surface area contributed by atoms with Crippen LogP contribution in [0.1, 0.15) is 36.7 Å². The fourth-order valence-electron chi connectivity index (χ4n) is 3.23. The van der Waals surface area contributed by atoms with E-state index in [0.29, 0.717) is 29.3 Å². The van der Waals surface area contributed by atoms with Crippen molar-refractivity contribution in [1.82, 2.24) is 15.5 Å². The predicted molar refractivity (Wildman–Crippen MR) is 124 cm³/mol. The molecule has 0 saturated carbocycles. The number of anilines is 1. The zero-order valence-electron chi connectivity index (χ0n) is 19.4. The van der Waals surface area contributed by atoms with Gasteiger partial charge in [0.1, 0.15) is 0 Å². The van der Waals surface area contributed by atoms with Gasteiger partial charge in [0, 0.05) is 24.8 Å². The number of ether oxygens (including phenoxy) is 2. The lowest BCUT2D eigenvalue weighted by Crippen LogP contribution is -2.47. The van der Waals surface area contributed by atoms with E-state index in [1.165, 1.54) is 4.90 Å². The van der Waals surface area contributed by atoms with Gasteiger partial charge in [0.15, 0.2) is 11.5 Å². The van der Waals surface area contributed by atoms with E-state index < -0.39 is 0 Å². The Morgan fingerprint density at radius 3 is 2.52 bits per heavy atom. The SMILES string of the molecule is CN(CC(=O)NC(C)(C)C)C(=O)CNc1ccccc1C(=O)NCc1ccc2c(c1)OCO2. The molecule has 0 aromatic heterocycles. The Hall–Kier alpha value is -3.75. The molecule has 9 heteroatoms. The number of rotatable bonds is 8. The van der Waals surface area contributed by atoms with E-state index in [1.807, 2.05) is 39.0 Å². The average Bonchev–Trinajstić information content (AvgIpc) is 3.22. The van der Waals surface area contributed by atoms with Crippen molar-refractivity contribution in [3.8, 4) is 11.5 Å². The van der Waals surface area contributed by atoms with Crippen molar-refractivity contribution in [2.45, 2.75) is 32.9 Å². The first kappa shape index (κ1) is 23.9. The van der Waals surface area contributed by atoms with Crippen molar-refractivity contribution in [2.24, 2.45) is 0 Å². The Morgan fingerprint density at radius 1 is 1.03 bits per heavy atom. The summed E-state index contributed by atoms with van der Waals surface area (Å²) in [5.74, 6) is 0.560. The van der Waals surface area contributed by atoms with E-state index in [9.17, 15) is 14.4 Å². The lowest BCUT2D eigenvalue weighted by molar-refractivity contribution is -0.133. The van der Waals surface area contributed by atoms with Gasteiger partial charge < -0.3 is 30.3 Å². The highest BCUT2D eigenvalue weighted by Gasteiger charge is 2.19. The number of fused-ring (bicyclic) bond motifs is 1. The second kappa shape index (κ2) is 10.2. The smallest absolute Gasteiger partial charge is 0.253 e. The van der Waals surface area contributed by atoms with Crippen molar-refractivity contribution in [3.05, 3.63) is 53.6 Å². The highest BCUT2D eigenvalue weighted by molar-refractivity contribution is 6.00. The third-order valence-electron chi connectivity index (χ3n) is 4.81. The van der Waals surface area contributed by atoms with Crippen molar-refractivity contribution in [1.29, 1.82) is 0 Å². The number of carbonyl (C=O) groups is 3. The number of para-hydroxylation sites is 1. The second-order valence-corrected chi connectivity index (χ2v) is 8.82. The van der Waals surface area contributed by atoms with Gasteiger partial charge in [-0.1, -0.05) is 18.2 Å². The second-order valence-electron chi connectivity index (χ2n) is 8.82. The molecule has 2 aromatic carbocycles. The van der Waals surface area contributed by atoms with Gasteiger partial charge in [-0.05, 0) is 50.6 Å².